The van der Waals surface area contributed by atoms with Crippen LogP contribution in [-0.2, 0) is 25.7 Å². The minimum absolute atomic E-state index is 0.00261. The standard InChI is InChI=1S/C38H42N2O6/c1-39-15-13-25-20-34-32(42-4)22-28(25)29(39)17-23-7-10-27(11-8-23)45-33-19-24(9-12-31(33)41-3)18-30-36-26(14-16-40(30)2)21-35(43-5)37(44-6)38(36)46-34/h7-12,19-22,29-30H,13-18H2,1-6H3/t29-,30-/m0/s1. The van der Waals surface area contributed by atoms with E-state index in [1.165, 1.54) is 22.3 Å². The molecule has 5 aliphatic rings. The van der Waals surface area contributed by atoms with Gasteiger partial charge in [0.25, 0.3) is 0 Å². The molecule has 8 heteroatoms. The Hall–Kier alpha value is -4.40. The summed E-state index contributed by atoms with van der Waals surface area (Å²) in [6.45, 7) is 1.85. The summed E-state index contributed by atoms with van der Waals surface area (Å²) in [7, 11) is 11.1. The molecule has 5 heterocycles. The lowest BCUT2D eigenvalue weighted by Crippen LogP contribution is -2.34. The monoisotopic (exact) mass is 622 g/mol. The van der Waals surface area contributed by atoms with Crippen molar-refractivity contribution in [1.82, 2.24) is 9.80 Å². The van der Waals surface area contributed by atoms with E-state index in [2.05, 4.69) is 66.4 Å². The van der Waals surface area contributed by atoms with E-state index in [4.69, 9.17) is 28.4 Å². The SMILES string of the molecule is COc1ccc2cc1Oc1ccc(cc1)C[C@H]1c3cc(OC)c(cc3CCN1C)Oc1c(OC)c(OC)cc3c1[C@H](C2)N(C)CC3. The molecular formula is C38H42N2O6. The van der Waals surface area contributed by atoms with E-state index in [1.54, 1.807) is 28.4 Å². The summed E-state index contributed by atoms with van der Waals surface area (Å²) >= 11 is 0. The van der Waals surface area contributed by atoms with Crippen molar-refractivity contribution >= 4 is 0 Å². The molecule has 2 atom stereocenters. The number of hydrogen-bond donors (Lipinski definition) is 0. The zero-order chi connectivity index (χ0) is 31.9. The fourth-order valence-electron chi connectivity index (χ4n) is 7.28. The van der Waals surface area contributed by atoms with Crippen LogP contribution in [0.15, 0.2) is 60.7 Å². The normalized spacial score (nSPS) is 19.2. The number of benzene rings is 4. The van der Waals surface area contributed by atoms with Crippen LogP contribution in [0.4, 0.5) is 0 Å². The molecule has 0 aliphatic carbocycles. The molecule has 0 aromatic heterocycles. The predicted molar refractivity (Wildman–Crippen MR) is 178 cm³/mol. The van der Waals surface area contributed by atoms with Crippen LogP contribution >= 0.6 is 0 Å². The van der Waals surface area contributed by atoms with E-state index in [-0.39, 0.29) is 12.1 Å². The van der Waals surface area contributed by atoms with Gasteiger partial charge in [-0.2, -0.15) is 0 Å². The molecule has 0 unspecified atom stereocenters. The second kappa shape index (κ2) is 12.4. The molecule has 8 nitrogen and oxygen atoms in total. The van der Waals surface area contributed by atoms with E-state index in [0.29, 0.717) is 40.2 Å². The highest BCUT2D eigenvalue weighted by atomic mass is 16.5. The average molecular weight is 623 g/mol. The Balaban J connectivity index is 1.46. The second-order valence-corrected chi connectivity index (χ2v) is 12.5. The Bertz CT molecular complexity index is 1750. The van der Waals surface area contributed by atoms with Crippen molar-refractivity contribution in [3.05, 3.63) is 94.0 Å². The first-order chi connectivity index (χ1) is 22.4. The van der Waals surface area contributed by atoms with Crippen LogP contribution in [0.25, 0.3) is 0 Å². The van der Waals surface area contributed by atoms with Gasteiger partial charge in [-0.25, -0.2) is 0 Å². The van der Waals surface area contributed by atoms with Crippen LogP contribution in [-0.4, -0.2) is 65.4 Å². The van der Waals surface area contributed by atoms with Crippen molar-refractivity contribution < 1.29 is 28.4 Å². The Morgan fingerprint density at radius 3 is 1.98 bits per heavy atom. The molecular weight excluding hydrogens is 580 g/mol. The zero-order valence-corrected chi connectivity index (χ0v) is 27.5. The number of nitrogens with zero attached hydrogens (tertiary/aromatic N) is 2. The van der Waals surface area contributed by atoms with Crippen molar-refractivity contribution in [1.29, 1.82) is 0 Å². The summed E-state index contributed by atoms with van der Waals surface area (Å²) in [4.78, 5) is 4.81. The highest BCUT2D eigenvalue weighted by Crippen LogP contribution is 2.52. The third kappa shape index (κ3) is 5.39. The number of rotatable bonds is 4. The van der Waals surface area contributed by atoms with E-state index in [9.17, 15) is 0 Å². The molecule has 0 fully saturated rings. The third-order valence-electron chi connectivity index (χ3n) is 9.85. The van der Waals surface area contributed by atoms with Crippen LogP contribution < -0.4 is 28.4 Å². The fourth-order valence-corrected chi connectivity index (χ4v) is 7.28. The molecule has 0 saturated heterocycles. The van der Waals surface area contributed by atoms with Crippen molar-refractivity contribution in [2.24, 2.45) is 0 Å². The van der Waals surface area contributed by atoms with Crippen molar-refractivity contribution in [3.8, 4) is 46.0 Å². The van der Waals surface area contributed by atoms with Gasteiger partial charge in [-0.3, -0.25) is 9.80 Å². The summed E-state index contributed by atoms with van der Waals surface area (Å²) in [6, 6.07) is 21.2. The molecule has 8 bridgehead atoms. The summed E-state index contributed by atoms with van der Waals surface area (Å²) in [5, 5.41) is 0. The topological polar surface area (TPSA) is 61.9 Å². The van der Waals surface area contributed by atoms with Gasteiger partial charge in [0.15, 0.2) is 34.5 Å². The first kappa shape index (κ1) is 30.3. The number of hydrogen-bond acceptors (Lipinski definition) is 8. The molecule has 5 aliphatic heterocycles. The number of ether oxygens (including phenoxy) is 6. The Kier molecular flexibility index (Phi) is 8.17. The van der Waals surface area contributed by atoms with Gasteiger partial charge in [0.2, 0.25) is 5.75 Å². The smallest absolute Gasteiger partial charge is 0.204 e. The first-order valence-corrected chi connectivity index (χ1v) is 15.9. The highest BCUT2D eigenvalue weighted by Gasteiger charge is 2.34. The minimum Gasteiger partial charge on any atom is -0.493 e. The van der Waals surface area contributed by atoms with Gasteiger partial charge in [-0.1, -0.05) is 18.2 Å². The second-order valence-electron chi connectivity index (χ2n) is 12.5. The zero-order valence-electron chi connectivity index (χ0n) is 27.5. The maximum absolute atomic E-state index is 6.98. The molecule has 46 heavy (non-hydrogen) atoms. The maximum atomic E-state index is 6.98. The number of likely N-dealkylation sites (N-methyl/N-ethyl adjacent to an activating group) is 2. The number of methoxy groups -OCH3 is 4. The van der Waals surface area contributed by atoms with Crippen molar-refractivity contribution in [3.63, 3.8) is 0 Å². The van der Waals surface area contributed by atoms with Gasteiger partial charge in [0.05, 0.1) is 28.4 Å². The molecule has 9 rings (SSSR count). The molecule has 240 valence electrons. The molecule has 4 aromatic rings. The van der Waals surface area contributed by atoms with Crippen LogP contribution in [0.1, 0.15) is 45.5 Å². The van der Waals surface area contributed by atoms with E-state index in [1.807, 2.05) is 18.2 Å². The summed E-state index contributed by atoms with van der Waals surface area (Å²) in [5.41, 5.74) is 7.16. The molecule has 0 amide bonds. The van der Waals surface area contributed by atoms with Gasteiger partial charge >= 0.3 is 0 Å². The Morgan fingerprint density at radius 2 is 1.26 bits per heavy atom. The van der Waals surface area contributed by atoms with Crippen LogP contribution in [0, 0.1) is 0 Å². The van der Waals surface area contributed by atoms with E-state index >= 15 is 0 Å². The maximum Gasteiger partial charge on any atom is 0.204 e. The molecule has 0 N–H and O–H groups in total. The average Bonchev–Trinajstić information content (AvgIpc) is 3.07. The fraction of sp³-hybridized carbons (Fsp3) is 0.368. The summed E-state index contributed by atoms with van der Waals surface area (Å²) in [5.74, 6) is 5.41. The van der Waals surface area contributed by atoms with Crippen molar-refractivity contribution in [2.75, 3.05) is 55.6 Å². The van der Waals surface area contributed by atoms with E-state index in [0.717, 1.165) is 55.6 Å². The lowest BCUT2D eigenvalue weighted by molar-refractivity contribution is 0.220. The Morgan fingerprint density at radius 1 is 0.609 bits per heavy atom. The van der Waals surface area contributed by atoms with Gasteiger partial charge in [0, 0.05) is 30.7 Å². The van der Waals surface area contributed by atoms with E-state index < -0.39 is 0 Å². The largest absolute Gasteiger partial charge is 0.493 e. The lowest BCUT2D eigenvalue weighted by atomic mass is 9.87. The first-order valence-electron chi connectivity index (χ1n) is 15.9. The molecule has 0 radical (unpaired) electrons. The van der Waals surface area contributed by atoms with Gasteiger partial charge in [-0.15, -0.1) is 0 Å². The quantitative estimate of drug-likeness (QED) is 0.238. The van der Waals surface area contributed by atoms with Gasteiger partial charge in [0.1, 0.15) is 5.75 Å². The van der Waals surface area contributed by atoms with Gasteiger partial charge < -0.3 is 28.4 Å². The summed E-state index contributed by atoms with van der Waals surface area (Å²) in [6.07, 6.45) is 3.37. The van der Waals surface area contributed by atoms with Crippen LogP contribution in [0.2, 0.25) is 0 Å². The molecule has 0 saturated carbocycles. The Labute approximate surface area is 271 Å². The van der Waals surface area contributed by atoms with Gasteiger partial charge in [-0.05, 0) is 110 Å². The lowest BCUT2D eigenvalue weighted by Gasteiger charge is -2.37. The predicted octanol–water partition coefficient (Wildman–Crippen LogP) is 7.16. The highest BCUT2D eigenvalue weighted by molar-refractivity contribution is 5.64. The third-order valence-corrected chi connectivity index (χ3v) is 9.85. The van der Waals surface area contributed by atoms with Crippen LogP contribution in [0.5, 0.6) is 46.0 Å². The molecule has 4 aromatic carbocycles. The minimum atomic E-state index is 0.00261. The number of fused-ring (bicyclic) bond motifs is 1. The molecule has 0 spiro atoms. The summed E-state index contributed by atoms with van der Waals surface area (Å²) < 4.78 is 37.1. The van der Waals surface area contributed by atoms with Crippen LogP contribution in [0.3, 0.4) is 0 Å². The van der Waals surface area contributed by atoms with Crippen molar-refractivity contribution in [2.45, 2.75) is 37.8 Å².